The second-order valence-corrected chi connectivity index (χ2v) is 6.58. The van der Waals surface area contributed by atoms with E-state index in [2.05, 4.69) is 25.0 Å². The fourth-order valence-electron chi connectivity index (χ4n) is 2.59. The number of halogens is 6. The summed E-state index contributed by atoms with van der Waals surface area (Å²) in [5.74, 6) is -0.409. The topological polar surface area (TPSA) is 59.9 Å². The third kappa shape index (κ3) is 6.24. The molecule has 2 heterocycles. The highest BCUT2D eigenvalue weighted by Crippen LogP contribution is 2.32. The molecule has 0 radical (unpaired) electrons. The first-order valence-corrected chi connectivity index (χ1v) is 8.88. The molecule has 3 rings (SSSR count). The molecule has 0 aliphatic heterocycles. The van der Waals surface area contributed by atoms with Crippen molar-refractivity contribution in [3.05, 3.63) is 65.1 Å². The highest BCUT2D eigenvalue weighted by molar-refractivity contribution is 6.30. The number of alkyl halides is 5. The van der Waals surface area contributed by atoms with Crippen LogP contribution in [-0.2, 0) is 6.42 Å². The normalized spacial score (nSPS) is 11.6. The number of aromatic nitrogens is 3. The Kier molecular flexibility index (Phi) is 6.66. The summed E-state index contributed by atoms with van der Waals surface area (Å²) >= 11 is 5.99. The van der Waals surface area contributed by atoms with Crippen molar-refractivity contribution in [2.45, 2.75) is 19.2 Å². The molecule has 0 unspecified atom stereocenters. The van der Waals surface area contributed by atoms with Gasteiger partial charge in [0.2, 0.25) is 11.8 Å². The number of nitrogens with zero attached hydrogens (tertiary/aromatic N) is 3. The Morgan fingerprint density at radius 2 is 1.70 bits per heavy atom. The van der Waals surface area contributed by atoms with Crippen LogP contribution in [0.15, 0.2) is 48.9 Å². The summed E-state index contributed by atoms with van der Waals surface area (Å²) in [4.78, 5) is 11.7. The fourth-order valence-corrected chi connectivity index (χ4v) is 2.78. The zero-order chi connectivity index (χ0) is 21.7. The molecule has 0 aliphatic rings. The zero-order valence-corrected chi connectivity index (χ0v) is 15.9. The minimum atomic E-state index is -4.38. The van der Waals surface area contributed by atoms with Gasteiger partial charge < -0.3 is 10.1 Å². The number of hydrogen-bond donors (Lipinski definition) is 1. The van der Waals surface area contributed by atoms with Crippen LogP contribution in [0.5, 0.6) is 5.88 Å². The van der Waals surface area contributed by atoms with Crippen molar-refractivity contribution in [1.29, 1.82) is 0 Å². The molecule has 158 valence electrons. The molecule has 30 heavy (non-hydrogen) atoms. The van der Waals surface area contributed by atoms with Crippen LogP contribution in [0.1, 0.15) is 11.1 Å². The largest absolute Gasteiger partial charge is 0.416 e. The Morgan fingerprint density at radius 1 is 1.00 bits per heavy atom. The number of nitrogens with one attached hydrogen (secondary N) is 1. The molecule has 0 amide bonds. The van der Waals surface area contributed by atoms with Crippen LogP contribution < -0.4 is 10.1 Å². The van der Waals surface area contributed by atoms with Gasteiger partial charge in [-0.2, -0.15) is 22.0 Å². The third-order valence-corrected chi connectivity index (χ3v) is 4.04. The third-order valence-electron chi connectivity index (χ3n) is 3.80. The van der Waals surface area contributed by atoms with Gasteiger partial charge >= 0.3 is 12.8 Å². The van der Waals surface area contributed by atoms with Crippen LogP contribution in [0.3, 0.4) is 0 Å². The minimum absolute atomic E-state index is 0.158. The van der Waals surface area contributed by atoms with E-state index < -0.39 is 19.3 Å². The number of hydrogen-bond acceptors (Lipinski definition) is 5. The van der Waals surface area contributed by atoms with Crippen LogP contribution in [0.25, 0.3) is 11.1 Å². The van der Waals surface area contributed by atoms with Crippen molar-refractivity contribution in [1.82, 2.24) is 15.0 Å². The Hall–Kier alpha value is -3.01. The second-order valence-electron chi connectivity index (χ2n) is 6.15. The first-order chi connectivity index (χ1) is 14.2. The molecule has 5 nitrogen and oxygen atoms in total. The van der Waals surface area contributed by atoms with Gasteiger partial charge in [-0.15, -0.1) is 0 Å². The lowest BCUT2D eigenvalue weighted by Gasteiger charge is -2.12. The smallest absolute Gasteiger partial charge is 0.405 e. The van der Waals surface area contributed by atoms with Gasteiger partial charge in [-0.05, 0) is 34.9 Å². The Balaban J connectivity index is 1.82. The first kappa shape index (κ1) is 21.7. The Morgan fingerprint density at radius 3 is 2.33 bits per heavy atom. The summed E-state index contributed by atoms with van der Waals surface area (Å²) in [6.07, 6.45) is -0.00814. The summed E-state index contributed by atoms with van der Waals surface area (Å²) in [6, 6.07) is 8.19. The van der Waals surface area contributed by atoms with E-state index in [9.17, 15) is 22.0 Å². The maximum Gasteiger partial charge on any atom is 0.405 e. The van der Waals surface area contributed by atoms with E-state index in [4.69, 9.17) is 11.6 Å². The van der Waals surface area contributed by atoms with Crippen molar-refractivity contribution in [3.8, 4) is 17.0 Å². The van der Waals surface area contributed by atoms with E-state index in [1.807, 2.05) is 0 Å². The predicted octanol–water partition coefficient (Wildman–Crippen LogP) is 5.36. The molecule has 0 saturated carbocycles. The Labute approximate surface area is 172 Å². The maximum absolute atomic E-state index is 12.7. The summed E-state index contributed by atoms with van der Waals surface area (Å²) in [6.45, 7) is -4.29. The van der Waals surface area contributed by atoms with Crippen molar-refractivity contribution in [2.75, 3.05) is 11.9 Å². The predicted molar refractivity (Wildman–Crippen MR) is 101 cm³/mol. The number of pyridine rings is 1. The molecule has 0 spiro atoms. The zero-order valence-electron chi connectivity index (χ0n) is 15.1. The standard InChI is InChI=1S/C19H14ClF5N4O/c20-14-3-1-2-13(6-14)15-5-11(7-26-16(15)30-17(21)22)4-12-8-27-18(28-9-12)29-10-19(23,24)25/h1-3,5-9,17H,4,10H2,(H,27,28,29). The van der Waals surface area contributed by atoms with Crippen LogP contribution in [0.4, 0.5) is 27.9 Å². The average Bonchev–Trinajstić information content (AvgIpc) is 2.67. The van der Waals surface area contributed by atoms with Gasteiger partial charge in [0.25, 0.3) is 0 Å². The highest BCUT2D eigenvalue weighted by Gasteiger charge is 2.27. The van der Waals surface area contributed by atoms with Crippen molar-refractivity contribution < 1.29 is 26.7 Å². The molecule has 0 saturated heterocycles. The van der Waals surface area contributed by atoms with Gasteiger partial charge in [-0.25, -0.2) is 15.0 Å². The number of benzene rings is 1. The van der Waals surface area contributed by atoms with Gasteiger partial charge in [0, 0.05) is 35.6 Å². The van der Waals surface area contributed by atoms with E-state index in [-0.39, 0.29) is 18.2 Å². The van der Waals surface area contributed by atoms with E-state index in [0.717, 1.165) is 0 Å². The molecule has 1 aromatic carbocycles. The maximum atomic E-state index is 12.7. The van der Waals surface area contributed by atoms with E-state index in [1.165, 1.54) is 18.6 Å². The molecule has 2 aromatic heterocycles. The van der Waals surface area contributed by atoms with Crippen molar-refractivity contribution in [2.24, 2.45) is 0 Å². The monoisotopic (exact) mass is 444 g/mol. The SMILES string of the molecule is FC(F)Oc1ncc(Cc2cnc(NCC(F)(F)F)nc2)cc1-c1cccc(Cl)c1. The van der Waals surface area contributed by atoms with E-state index >= 15 is 0 Å². The van der Waals surface area contributed by atoms with Gasteiger partial charge in [0.1, 0.15) is 6.54 Å². The molecule has 0 fully saturated rings. The lowest BCUT2D eigenvalue weighted by atomic mass is 10.0. The summed E-state index contributed by atoms with van der Waals surface area (Å²) in [5, 5.41) is 2.49. The van der Waals surface area contributed by atoms with Gasteiger partial charge in [-0.1, -0.05) is 23.7 Å². The lowest BCUT2D eigenvalue weighted by molar-refractivity contribution is -0.115. The van der Waals surface area contributed by atoms with Gasteiger partial charge in [-0.3, -0.25) is 0 Å². The minimum Gasteiger partial charge on any atom is -0.416 e. The van der Waals surface area contributed by atoms with E-state index in [1.54, 1.807) is 30.3 Å². The van der Waals surface area contributed by atoms with Gasteiger partial charge in [0.15, 0.2) is 0 Å². The van der Waals surface area contributed by atoms with Crippen LogP contribution >= 0.6 is 11.6 Å². The van der Waals surface area contributed by atoms with Gasteiger partial charge in [0.05, 0.1) is 0 Å². The number of rotatable bonds is 7. The number of anilines is 1. The number of ether oxygens (including phenoxy) is 1. The summed E-state index contributed by atoms with van der Waals surface area (Å²) in [5.41, 5.74) is 2.08. The first-order valence-electron chi connectivity index (χ1n) is 8.51. The molecular weight excluding hydrogens is 431 g/mol. The Bertz CT molecular complexity index is 999. The van der Waals surface area contributed by atoms with Crippen molar-refractivity contribution >= 4 is 17.5 Å². The molecule has 0 aliphatic carbocycles. The highest BCUT2D eigenvalue weighted by atomic mass is 35.5. The lowest BCUT2D eigenvalue weighted by Crippen LogP contribution is -2.22. The summed E-state index contributed by atoms with van der Waals surface area (Å²) in [7, 11) is 0. The van der Waals surface area contributed by atoms with E-state index in [0.29, 0.717) is 27.3 Å². The molecular formula is C19H14ClF5N4O. The molecule has 0 atom stereocenters. The molecule has 0 bridgehead atoms. The second kappa shape index (κ2) is 9.21. The molecule has 3 aromatic rings. The van der Waals surface area contributed by atoms with Crippen molar-refractivity contribution in [3.63, 3.8) is 0 Å². The fraction of sp³-hybridized carbons (Fsp3) is 0.211. The molecule has 11 heteroatoms. The van der Waals surface area contributed by atoms with Crippen LogP contribution in [0.2, 0.25) is 5.02 Å². The summed E-state index contributed by atoms with van der Waals surface area (Å²) < 4.78 is 66.7. The average molecular weight is 445 g/mol. The molecule has 1 N–H and O–H groups in total. The van der Waals surface area contributed by atoms with Crippen LogP contribution in [0, 0.1) is 0 Å². The van der Waals surface area contributed by atoms with Crippen LogP contribution in [-0.4, -0.2) is 34.3 Å². The quantitative estimate of drug-likeness (QED) is 0.497.